The molecule has 0 radical (unpaired) electrons. The second kappa shape index (κ2) is 13.8. The lowest BCUT2D eigenvalue weighted by atomic mass is 9.89. The van der Waals surface area contributed by atoms with Crippen LogP contribution in [0.1, 0.15) is 17.9 Å². The molecule has 0 saturated heterocycles. The Morgan fingerprint density at radius 2 is 1.06 bits per heavy atom. The molecular weight excluding hydrogens is 749 g/mol. The second-order valence-electron chi connectivity index (χ2n) is 16.9. The molecule has 0 amide bonds. The first-order valence-electron chi connectivity index (χ1n) is 21.7. The lowest BCUT2D eigenvalue weighted by Crippen LogP contribution is -2.18. The molecule has 2 aliphatic rings. The van der Waals surface area contributed by atoms with Gasteiger partial charge in [-0.1, -0.05) is 164 Å². The first-order valence-corrected chi connectivity index (χ1v) is 21.7. The van der Waals surface area contributed by atoms with Gasteiger partial charge in [-0.05, 0) is 138 Å². The molecule has 290 valence electrons. The summed E-state index contributed by atoms with van der Waals surface area (Å²) in [6.45, 7) is 0. The fourth-order valence-electron chi connectivity index (χ4n) is 10.5. The summed E-state index contributed by atoms with van der Waals surface area (Å²) in [4.78, 5) is 2.46. The van der Waals surface area contributed by atoms with Crippen molar-refractivity contribution in [1.29, 1.82) is 0 Å². The number of hydrogen-bond donors (Lipinski definition) is 0. The number of rotatable bonds is 6. The van der Waals surface area contributed by atoms with Gasteiger partial charge in [0.05, 0.1) is 11.0 Å². The second-order valence-corrected chi connectivity index (χ2v) is 16.9. The van der Waals surface area contributed by atoms with E-state index in [1.807, 2.05) is 0 Å². The predicted octanol–water partition coefficient (Wildman–Crippen LogP) is 16.3. The van der Waals surface area contributed by atoms with Gasteiger partial charge < -0.3 is 9.47 Å². The number of anilines is 2. The van der Waals surface area contributed by atoms with Gasteiger partial charge in [-0.25, -0.2) is 0 Å². The Balaban J connectivity index is 0.974. The van der Waals surface area contributed by atoms with Gasteiger partial charge >= 0.3 is 0 Å². The van der Waals surface area contributed by atoms with Crippen LogP contribution in [0.3, 0.4) is 0 Å². The van der Waals surface area contributed by atoms with Crippen molar-refractivity contribution in [3.8, 4) is 39.1 Å². The third-order valence-electron chi connectivity index (χ3n) is 13.4. The first kappa shape index (κ1) is 34.9. The predicted molar refractivity (Wildman–Crippen MR) is 263 cm³/mol. The van der Waals surface area contributed by atoms with E-state index in [-0.39, 0.29) is 5.92 Å². The largest absolute Gasteiger partial charge is 0.311 e. The molecule has 11 aromatic rings. The molecule has 0 N–H and O–H groups in total. The number of benzene rings is 10. The van der Waals surface area contributed by atoms with E-state index in [4.69, 9.17) is 0 Å². The number of allylic oxidation sites excluding steroid dienone is 3. The van der Waals surface area contributed by atoms with E-state index >= 15 is 0 Å². The van der Waals surface area contributed by atoms with Crippen LogP contribution in [-0.2, 0) is 0 Å². The van der Waals surface area contributed by atoms with Crippen LogP contribution in [0, 0.1) is 0 Å². The zero-order valence-corrected chi connectivity index (χ0v) is 34.0. The van der Waals surface area contributed by atoms with Gasteiger partial charge in [-0.3, -0.25) is 0 Å². The standard InChI is InChI=1S/C60H40N2/c1-2-21-50-39(13-1)29-30-43-33-42(31-32-51(43)50)40-14-9-17-46(35-40)61(48-19-12-20-49(38-48)62-58-27-7-5-24-54(58)55-25-6-8-28-59(55)62)47-18-10-15-41(36-47)45-34-44-16-11-26-56-52-22-3-4-23-53(52)57(37-45)60(44)56/h1-13,15-38,40H,14H2. The quantitative estimate of drug-likeness (QED) is 0.152. The van der Waals surface area contributed by atoms with Crippen molar-refractivity contribution >= 4 is 65.5 Å². The SMILES string of the molecule is C1=CC(N(c2cccc(-c3cc4c5c(cccc5c3)-c3ccccc3-4)c2)c2cccc(-n3c4ccccc4c4ccccc43)c2)=CC(c2ccc3c(ccc4ccccc43)c2)C1. The average Bonchev–Trinajstić information content (AvgIpc) is 3.85. The van der Waals surface area contributed by atoms with Gasteiger partial charge in [0.25, 0.3) is 0 Å². The zero-order chi connectivity index (χ0) is 40.7. The van der Waals surface area contributed by atoms with E-state index < -0.39 is 0 Å². The molecule has 1 aromatic heterocycles. The normalized spacial score (nSPS) is 14.3. The fraction of sp³-hybridized carbons (Fsp3) is 0.0333. The topological polar surface area (TPSA) is 8.17 Å². The van der Waals surface area contributed by atoms with Crippen molar-refractivity contribution in [3.63, 3.8) is 0 Å². The Morgan fingerprint density at radius 1 is 0.419 bits per heavy atom. The molecule has 1 heterocycles. The highest BCUT2D eigenvalue weighted by Gasteiger charge is 2.24. The third kappa shape index (κ3) is 5.43. The summed E-state index contributed by atoms with van der Waals surface area (Å²) in [5, 5.41) is 10.3. The molecule has 0 saturated carbocycles. The van der Waals surface area contributed by atoms with Crippen molar-refractivity contribution in [2.45, 2.75) is 12.3 Å². The maximum Gasteiger partial charge on any atom is 0.0541 e. The highest BCUT2D eigenvalue weighted by molar-refractivity contribution is 6.16. The number of nitrogens with zero attached hydrogens (tertiary/aromatic N) is 2. The van der Waals surface area contributed by atoms with Gasteiger partial charge in [-0.15, -0.1) is 0 Å². The minimum atomic E-state index is 0.219. The molecule has 2 aliphatic carbocycles. The molecule has 0 spiro atoms. The smallest absolute Gasteiger partial charge is 0.0541 e. The lowest BCUT2D eigenvalue weighted by molar-refractivity contribution is 0.839. The van der Waals surface area contributed by atoms with Crippen LogP contribution in [0.25, 0.3) is 93.2 Å². The van der Waals surface area contributed by atoms with Gasteiger partial charge in [-0.2, -0.15) is 0 Å². The van der Waals surface area contributed by atoms with E-state index in [9.17, 15) is 0 Å². The number of hydrogen-bond acceptors (Lipinski definition) is 1. The van der Waals surface area contributed by atoms with E-state index in [0.717, 1.165) is 29.2 Å². The van der Waals surface area contributed by atoms with Crippen molar-refractivity contribution in [3.05, 3.63) is 236 Å². The van der Waals surface area contributed by atoms with E-state index in [1.54, 1.807) is 0 Å². The summed E-state index contributed by atoms with van der Waals surface area (Å²) in [6.07, 6.45) is 8.11. The van der Waals surface area contributed by atoms with E-state index in [0.29, 0.717) is 0 Å². The Morgan fingerprint density at radius 3 is 1.90 bits per heavy atom. The molecule has 0 aliphatic heterocycles. The van der Waals surface area contributed by atoms with Gasteiger partial charge in [0.2, 0.25) is 0 Å². The van der Waals surface area contributed by atoms with Crippen LogP contribution in [0.4, 0.5) is 11.4 Å². The summed E-state index contributed by atoms with van der Waals surface area (Å²) in [5.74, 6) is 0.219. The van der Waals surface area contributed by atoms with Crippen molar-refractivity contribution < 1.29 is 0 Å². The van der Waals surface area contributed by atoms with Crippen LogP contribution in [0.2, 0.25) is 0 Å². The lowest BCUT2D eigenvalue weighted by Gasteiger charge is -2.30. The summed E-state index contributed by atoms with van der Waals surface area (Å²) in [7, 11) is 0. The monoisotopic (exact) mass is 788 g/mol. The third-order valence-corrected chi connectivity index (χ3v) is 13.4. The summed E-state index contributed by atoms with van der Waals surface area (Å²) in [6, 6.07) is 76.4. The molecular formula is C60H40N2. The minimum absolute atomic E-state index is 0.219. The molecule has 0 fully saturated rings. The van der Waals surface area contributed by atoms with Crippen LogP contribution in [0.5, 0.6) is 0 Å². The Kier molecular flexibility index (Phi) is 7.77. The molecule has 2 heteroatoms. The van der Waals surface area contributed by atoms with Crippen molar-refractivity contribution in [2.75, 3.05) is 4.90 Å². The van der Waals surface area contributed by atoms with Crippen LogP contribution in [0.15, 0.2) is 230 Å². The van der Waals surface area contributed by atoms with Gasteiger partial charge in [0.1, 0.15) is 0 Å². The maximum atomic E-state index is 2.48. The minimum Gasteiger partial charge on any atom is -0.311 e. The van der Waals surface area contributed by atoms with Gasteiger partial charge in [0.15, 0.2) is 0 Å². The van der Waals surface area contributed by atoms with Gasteiger partial charge in [0, 0.05) is 39.4 Å². The average molecular weight is 789 g/mol. The summed E-state index contributed by atoms with van der Waals surface area (Å²) in [5.41, 5.74) is 15.9. The summed E-state index contributed by atoms with van der Waals surface area (Å²) >= 11 is 0. The number of fused-ring (bicyclic) bond motifs is 9. The van der Waals surface area contributed by atoms with Crippen LogP contribution >= 0.6 is 0 Å². The van der Waals surface area contributed by atoms with Crippen molar-refractivity contribution in [1.82, 2.24) is 4.57 Å². The van der Waals surface area contributed by atoms with E-state index in [1.165, 1.54) is 93.1 Å². The highest BCUT2D eigenvalue weighted by Crippen LogP contribution is 2.49. The molecule has 2 nitrogen and oxygen atoms in total. The molecule has 10 aromatic carbocycles. The molecule has 62 heavy (non-hydrogen) atoms. The zero-order valence-electron chi connectivity index (χ0n) is 34.0. The van der Waals surface area contributed by atoms with Crippen molar-refractivity contribution in [2.24, 2.45) is 0 Å². The van der Waals surface area contributed by atoms with E-state index in [2.05, 4.69) is 234 Å². The number of aromatic nitrogens is 1. The van der Waals surface area contributed by atoms with Crippen LogP contribution in [-0.4, -0.2) is 4.57 Å². The molecule has 1 atom stereocenters. The first-order chi connectivity index (χ1) is 30.7. The molecule has 0 bridgehead atoms. The maximum absolute atomic E-state index is 2.48. The molecule has 13 rings (SSSR count). The Hall–Kier alpha value is -7.94. The fourth-order valence-corrected chi connectivity index (χ4v) is 10.5. The Bertz CT molecular complexity index is 3640. The number of para-hydroxylation sites is 2. The van der Waals surface area contributed by atoms with Crippen LogP contribution < -0.4 is 4.90 Å². The highest BCUT2D eigenvalue weighted by atomic mass is 15.1. The summed E-state index contributed by atoms with van der Waals surface area (Å²) < 4.78 is 2.42. The Labute approximate surface area is 360 Å². The molecule has 1 unspecified atom stereocenters.